The minimum absolute atomic E-state index is 0.0485. The smallest absolute Gasteiger partial charge is 0.465 e. The van der Waals surface area contributed by atoms with Crippen LogP contribution in [0.3, 0.4) is 0 Å². The molecule has 6 atom stereocenters. The molecule has 9 aromatic carbocycles. The van der Waals surface area contributed by atoms with Gasteiger partial charge in [0.25, 0.3) is 0 Å². The van der Waals surface area contributed by atoms with Crippen LogP contribution in [0, 0.1) is 0 Å². The van der Waals surface area contributed by atoms with E-state index >= 15 is 0 Å². The summed E-state index contributed by atoms with van der Waals surface area (Å²) in [6, 6.07) is 75.8. The Kier molecular flexibility index (Phi) is 25.6. The summed E-state index contributed by atoms with van der Waals surface area (Å²) >= 11 is 13.1. The van der Waals surface area contributed by atoms with Crippen LogP contribution in [0.1, 0.15) is 222 Å². The molecule has 0 radical (unpaired) electrons. The Morgan fingerprint density at radius 1 is 0.418 bits per heavy atom. The lowest BCUT2D eigenvalue weighted by molar-refractivity contribution is 0.00578. The number of allylic oxidation sites excluding steroid dienone is 2. The van der Waals surface area contributed by atoms with Gasteiger partial charge in [-0.2, -0.15) is 0 Å². The molecular weight excluding hydrogens is 1920 g/mol. The van der Waals surface area contributed by atoms with E-state index in [4.69, 9.17) is 68.6 Å². The number of carbonyl (C=O) groups excluding carboxylic acids is 3. The van der Waals surface area contributed by atoms with Crippen LogP contribution in [0.4, 0.5) is 14.4 Å². The number of nitrogens with zero attached hydrogens (tertiary/aromatic N) is 9. The van der Waals surface area contributed by atoms with Gasteiger partial charge in [0.15, 0.2) is 0 Å². The summed E-state index contributed by atoms with van der Waals surface area (Å²) in [6.07, 6.45) is 10.6. The van der Waals surface area contributed by atoms with Crippen LogP contribution in [0.15, 0.2) is 261 Å². The van der Waals surface area contributed by atoms with Crippen molar-refractivity contribution in [2.24, 2.45) is 9.98 Å². The number of amides is 3. The van der Waals surface area contributed by atoms with Crippen molar-refractivity contribution in [2.75, 3.05) is 19.6 Å². The topological polar surface area (TPSA) is 221 Å². The lowest BCUT2D eigenvalue weighted by atomic mass is 9.78. The fourth-order valence-electron chi connectivity index (χ4n) is 20.2. The average molecular weight is 2040 g/mol. The molecule has 0 spiro atoms. The third-order valence-corrected chi connectivity index (χ3v) is 29.7. The number of aromatic amines is 1. The molecule has 1 N–H and O–H groups in total. The van der Waals surface area contributed by atoms with Gasteiger partial charge >= 0.3 is 32.5 Å². The third kappa shape index (κ3) is 19.4. The number of carbonyl (C=O) groups is 3. The van der Waals surface area contributed by atoms with Gasteiger partial charge in [0.1, 0.15) is 39.9 Å². The van der Waals surface area contributed by atoms with Crippen molar-refractivity contribution in [1.29, 1.82) is 0 Å². The normalized spacial score (nSPS) is 20.9. The van der Waals surface area contributed by atoms with Crippen molar-refractivity contribution in [1.82, 2.24) is 38.4 Å². The van der Waals surface area contributed by atoms with E-state index in [-0.39, 0.29) is 55.1 Å². The van der Waals surface area contributed by atoms with Gasteiger partial charge in [-0.1, -0.05) is 165 Å². The molecule has 0 aliphatic carbocycles. The van der Waals surface area contributed by atoms with E-state index in [1.165, 1.54) is 16.6 Å². The summed E-state index contributed by atoms with van der Waals surface area (Å²) in [6.45, 7) is 35.7. The molecule has 23 rings (SSSR count). The highest BCUT2D eigenvalue weighted by Crippen LogP contribution is 2.51. The number of fused-ring (bicyclic) bond motifs is 15. The number of nitrogens with one attached hydrogen (secondary N) is 1. The van der Waals surface area contributed by atoms with Crippen LogP contribution < -0.4 is 25.1 Å². The van der Waals surface area contributed by atoms with Crippen LogP contribution >= 0.6 is 43.5 Å². The highest BCUT2D eigenvalue weighted by Gasteiger charge is 2.54. The number of halogens is 3. The Labute approximate surface area is 846 Å². The summed E-state index contributed by atoms with van der Waals surface area (Å²) in [7, 11) is -0.878. The minimum atomic E-state index is -0.562. The highest BCUT2D eigenvalue weighted by molar-refractivity contribution is 9.10. The first-order valence-electron chi connectivity index (χ1n) is 48.9. The molecule has 10 aliphatic heterocycles. The lowest BCUT2D eigenvalue weighted by Gasteiger charge is -2.32. The molecule has 14 heterocycles. The number of aromatic nitrogens is 5. The molecule has 13 aromatic rings. The molecule has 10 aliphatic rings. The fourth-order valence-corrected chi connectivity index (χ4v) is 21.1. The number of benzene rings is 9. The Balaban J connectivity index is 0.000000126. The third-order valence-electron chi connectivity index (χ3n) is 28.5. The molecule has 726 valence electrons. The zero-order chi connectivity index (χ0) is 98.9. The lowest BCUT2D eigenvalue weighted by Crippen LogP contribution is -2.43. The van der Waals surface area contributed by atoms with Crippen molar-refractivity contribution in [3.8, 4) is 62.3 Å². The number of likely N-dealkylation sites (tertiary alicyclic amines) is 3. The predicted molar refractivity (Wildman–Crippen MR) is 565 cm³/mol. The van der Waals surface area contributed by atoms with Gasteiger partial charge in [-0.15, -0.1) is 0 Å². The van der Waals surface area contributed by atoms with Crippen molar-refractivity contribution < 1.29 is 61.4 Å². The fraction of sp³-hybridized carbons (Fsp3) is 0.363. The quantitative estimate of drug-likeness (QED) is 0.0994. The van der Waals surface area contributed by atoms with Gasteiger partial charge in [0.05, 0.1) is 86.1 Å². The monoisotopic (exact) mass is 2040 g/mol. The highest BCUT2D eigenvalue weighted by atomic mass is 79.9. The molecule has 3 amide bonds. The van der Waals surface area contributed by atoms with Crippen LogP contribution in [0.25, 0.3) is 83.3 Å². The van der Waals surface area contributed by atoms with Gasteiger partial charge in [0.2, 0.25) is 18.7 Å². The number of hydrogen-bond acceptors (Lipinski definition) is 16. The first kappa shape index (κ1) is 96.5. The summed E-state index contributed by atoms with van der Waals surface area (Å²) in [5, 5.41) is 4.13. The van der Waals surface area contributed by atoms with Crippen LogP contribution in [0.5, 0.6) is 17.2 Å². The zero-order valence-electron chi connectivity index (χ0n) is 82.9. The van der Waals surface area contributed by atoms with Gasteiger partial charge in [-0.05, 0) is 275 Å². The van der Waals surface area contributed by atoms with E-state index in [2.05, 4.69) is 293 Å². The molecule has 141 heavy (non-hydrogen) atoms. The molecule has 5 fully saturated rings. The summed E-state index contributed by atoms with van der Waals surface area (Å²) in [5.74, 6) is 3.29. The minimum Gasteiger partial charge on any atom is -0.465 e. The van der Waals surface area contributed by atoms with Crippen molar-refractivity contribution in [3.05, 3.63) is 279 Å². The summed E-state index contributed by atoms with van der Waals surface area (Å²) in [5.41, 5.74) is 17.9. The first-order chi connectivity index (χ1) is 67.1. The second-order valence-corrected chi connectivity index (χ2v) is 45.2. The molecule has 4 aromatic heterocycles. The molecule has 23 nitrogen and oxygen atoms in total. The molecule has 5 saturated heterocycles. The van der Waals surface area contributed by atoms with Crippen molar-refractivity contribution in [2.45, 2.75) is 245 Å². The summed E-state index contributed by atoms with van der Waals surface area (Å²) in [4.78, 5) is 61.0. The molecule has 0 unspecified atom stereocenters. The first-order valence-corrected chi connectivity index (χ1v) is 50.9. The standard InChI is InChI=1S/C46H50N6O5.C33H37B2NO5.C21H13Br2NO.C13H19ClN2O2/c1-45(2,3)56-43(53)50-20-10-14-37(50)34-23-32(26-47-34)29-16-18-33-39-24-31-22-30(17-19-36(31)52(39)42(55-40(33)25-29)28-12-8-7-9-13-28)35-27-48-41(49-35)38-15-11-21-51(38)44(54)57-46(4,5)6;1-30(2)31(3,4)39-34(38-30)23-15-17-26-22(18-23)19-27-25-16-14-24(35-40-32(5,6)33(7,8)41-35)20-28(25)37-29(36(26)27)21-12-10-9-11-13-21;22-15-7-9-18-14(10-15)11-19-17-8-6-16(23)12-20(17)25-21(24(18)19)13-4-2-1-3-5-13;1-13(2,3)18-12(17)16-6-4-5-11(16)10-7-9(14)8-15-10/h7-9,12-13,16-19,22,24-27,37-38,42H,10-11,14-15,20-21,23H2,1-6H3,(H,48,49);9-20,29H,1-8H3;1-12,21H;8,11H,4-7H2,1-3H3/t37-,38-,42-;29-;21-;11-/m0000/s1. The van der Waals surface area contributed by atoms with Gasteiger partial charge in [-0.25, -0.2) is 19.4 Å². The van der Waals surface area contributed by atoms with E-state index in [1.54, 1.807) is 16.0 Å². The van der Waals surface area contributed by atoms with Gasteiger partial charge in [0, 0.05) is 125 Å². The maximum Gasteiger partial charge on any atom is 0.494 e. The van der Waals surface area contributed by atoms with Crippen LogP contribution in [-0.4, -0.2) is 153 Å². The van der Waals surface area contributed by atoms with Crippen LogP contribution in [0.2, 0.25) is 0 Å². The number of aliphatic imine (C=N–C) groups is 2. The second kappa shape index (κ2) is 37.4. The van der Waals surface area contributed by atoms with Gasteiger partial charge < -0.3 is 65.7 Å². The average Bonchev–Trinajstić information content (AvgIpc) is 1.44. The maximum atomic E-state index is 13.1. The number of ether oxygens (including phenoxy) is 6. The molecule has 0 bridgehead atoms. The number of H-pyrrole nitrogens is 1. The van der Waals surface area contributed by atoms with E-state index in [1.807, 2.05) is 116 Å². The van der Waals surface area contributed by atoms with E-state index in [0.29, 0.717) is 25.9 Å². The largest absolute Gasteiger partial charge is 0.494 e. The maximum absolute atomic E-state index is 13.1. The van der Waals surface area contributed by atoms with Crippen LogP contribution in [-0.2, 0) is 32.8 Å². The Hall–Kier alpha value is -11.9. The van der Waals surface area contributed by atoms with E-state index < -0.39 is 53.4 Å². The number of rotatable bonds is 10. The Morgan fingerprint density at radius 2 is 0.794 bits per heavy atom. The number of hydrogen-bond donors (Lipinski definition) is 1. The molecule has 0 saturated carbocycles. The Morgan fingerprint density at radius 3 is 1.27 bits per heavy atom. The zero-order valence-corrected chi connectivity index (χ0v) is 86.8. The molecule has 28 heteroatoms. The number of imidazole rings is 1. The van der Waals surface area contributed by atoms with Crippen molar-refractivity contribution >= 4 is 137 Å². The van der Waals surface area contributed by atoms with Crippen molar-refractivity contribution in [3.63, 3.8) is 0 Å². The summed E-state index contributed by atoms with van der Waals surface area (Å²) < 4.78 is 71.4. The predicted octanol–water partition coefficient (Wildman–Crippen LogP) is 26.2. The van der Waals surface area contributed by atoms with E-state index in [0.717, 1.165) is 193 Å². The Bertz CT molecular complexity index is 7140. The van der Waals surface area contributed by atoms with Gasteiger partial charge in [-0.3, -0.25) is 24.7 Å². The second-order valence-electron chi connectivity index (χ2n) is 42.9. The molecular formula is C113H119B2Br2ClN10O13. The van der Waals surface area contributed by atoms with E-state index in [9.17, 15) is 14.4 Å². The SMILES string of the molecule is Brc1ccc2c(c1)O[C@@H](c1ccccc1)n1c-2cc2cc(Br)ccc21.CC(C)(C)OC(=O)N1CCC[C@H]1C1=NC=C(Cl)C1.CC(C)(C)OC(=O)N1CCC[C@H]1C1=NC=C(c2ccc3c(c2)O[C@@H](c2ccccc2)n2c-3cc3cc(-c4cnc([C@@H]5CCCN5C(=O)OC(C)(C)C)[nH]4)ccc32)C1.CC1(C)OB(c2ccc3c(c2)O[C@@H](c2ccccc2)n2c-3cc3cc(B4OC(C)(C)C(C)(C)O4)ccc32)OC1(C)C.